The highest BCUT2D eigenvalue weighted by molar-refractivity contribution is 6.35. The van der Waals surface area contributed by atoms with Gasteiger partial charge in [-0.05, 0) is 24.3 Å². The number of rotatable bonds is 1. The van der Waals surface area contributed by atoms with E-state index in [1.165, 1.54) is 24.3 Å². The van der Waals surface area contributed by atoms with E-state index in [1.54, 1.807) is 0 Å². The van der Waals surface area contributed by atoms with Gasteiger partial charge in [-0.15, -0.1) is 0 Å². The molecular formula is C13H6Cl2F4. The third-order valence-corrected chi connectivity index (χ3v) is 3.09. The molecule has 0 amide bonds. The van der Waals surface area contributed by atoms with Crippen molar-refractivity contribution in [1.82, 2.24) is 0 Å². The molecule has 0 saturated carbocycles. The lowest BCUT2D eigenvalue weighted by Crippen LogP contribution is -2.08. The summed E-state index contributed by atoms with van der Waals surface area (Å²) < 4.78 is 51.8. The fourth-order valence-corrected chi connectivity index (χ4v) is 2.05. The summed E-state index contributed by atoms with van der Waals surface area (Å²) in [4.78, 5) is 0. The van der Waals surface area contributed by atoms with Crippen molar-refractivity contribution in [3.8, 4) is 11.1 Å². The summed E-state index contributed by atoms with van der Waals surface area (Å²) >= 11 is 11.6. The highest BCUT2D eigenvalue weighted by atomic mass is 35.5. The van der Waals surface area contributed by atoms with Gasteiger partial charge in [0.1, 0.15) is 5.82 Å². The summed E-state index contributed by atoms with van der Waals surface area (Å²) in [5.41, 5.74) is -1.44. The first-order valence-electron chi connectivity index (χ1n) is 5.12. The van der Waals surface area contributed by atoms with Gasteiger partial charge in [0, 0.05) is 21.2 Å². The first kappa shape index (κ1) is 14.2. The van der Waals surface area contributed by atoms with Gasteiger partial charge in [-0.2, -0.15) is 13.2 Å². The van der Waals surface area contributed by atoms with Crippen molar-refractivity contribution in [2.24, 2.45) is 0 Å². The molecule has 0 aliphatic carbocycles. The molecule has 0 bridgehead atoms. The molecule has 0 unspecified atom stereocenters. The fourth-order valence-electron chi connectivity index (χ4n) is 1.66. The molecule has 0 atom stereocenters. The summed E-state index contributed by atoms with van der Waals surface area (Å²) in [7, 11) is 0. The molecule has 2 rings (SSSR count). The van der Waals surface area contributed by atoms with Crippen molar-refractivity contribution in [3.05, 3.63) is 57.8 Å². The first-order valence-corrected chi connectivity index (χ1v) is 5.87. The predicted octanol–water partition coefficient (Wildman–Crippen LogP) is 5.82. The zero-order chi connectivity index (χ0) is 14.2. The first-order chi connectivity index (χ1) is 8.80. The summed E-state index contributed by atoms with van der Waals surface area (Å²) in [5, 5.41) is 0.388. The molecular weight excluding hydrogens is 303 g/mol. The van der Waals surface area contributed by atoms with Crippen LogP contribution in [0.15, 0.2) is 36.4 Å². The third-order valence-electron chi connectivity index (χ3n) is 2.52. The number of benzene rings is 2. The van der Waals surface area contributed by atoms with Gasteiger partial charge in [0.05, 0.1) is 5.56 Å². The quantitative estimate of drug-likeness (QED) is 0.582. The van der Waals surface area contributed by atoms with Crippen LogP contribution in [0.2, 0.25) is 10.0 Å². The molecule has 0 aliphatic rings. The lowest BCUT2D eigenvalue weighted by atomic mass is 10.0. The van der Waals surface area contributed by atoms with Crippen molar-refractivity contribution >= 4 is 23.2 Å². The summed E-state index contributed by atoms with van der Waals surface area (Å²) in [6, 6.07) is 7.22. The van der Waals surface area contributed by atoms with E-state index < -0.39 is 17.6 Å². The van der Waals surface area contributed by atoms with E-state index in [9.17, 15) is 17.6 Å². The maximum Gasteiger partial charge on any atom is 0.419 e. The van der Waals surface area contributed by atoms with Crippen molar-refractivity contribution in [2.75, 3.05) is 0 Å². The molecule has 0 nitrogen and oxygen atoms in total. The van der Waals surface area contributed by atoms with Gasteiger partial charge in [-0.3, -0.25) is 0 Å². The van der Waals surface area contributed by atoms with Crippen LogP contribution >= 0.6 is 23.2 Å². The largest absolute Gasteiger partial charge is 0.419 e. The van der Waals surface area contributed by atoms with Crippen molar-refractivity contribution < 1.29 is 17.6 Å². The summed E-state index contributed by atoms with van der Waals surface area (Å²) in [5.74, 6) is -1.36. The van der Waals surface area contributed by atoms with Crippen molar-refractivity contribution in [2.45, 2.75) is 6.18 Å². The van der Waals surface area contributed by atoms with E-state index in [0.717, 1.165) is 6.07 Å². The van der Waals surface area contributed by atoms with Crippen LogP contribution in [0.5, 0.6) is 0 Å². The number of alkyl halides is 3. The molecule has 0 N–H and O–H groups in total. The smallest absolute Gasteiger partial charge is 0.206 e. The van der Waals surface area contributed by atoms with Gasteiger partial charge >= 0.3 is 6.18 Å². The highest BCUT2D eigenvalue weighted by Crippen LogP contribution is 2.38. The second-order valence-corrected chi connectivity index (χ2v) is 4.63. The standard InChI is InChI=1S/C13H6Cl2F4/c14-7-4-5-11(15)9(6-7)8-2-1-3-10(12(8)16)13(17,18)19/h1-6H. The van der Waals surface area contributed by atoms with Crippen LogP contribution in [-0.2, 0) is 6.18 Å². The molecule has 0 aromatic heterocycles. The van der Waals surface area contributed by atoms with Crippen LogP contribution in [0.25, 0.3) is 11.1 Å². The van der Waals surface area contributed by atoms with E-state index >= 15 is 0 Å². The average molecular weight is 309 g/mol. The van der Waals surface area contributed by atoms with Gasteiger partial charge in [-0.1, -0.05) is 35.3 Å². The molecule has 0 spiro atoms. The molecule has 0 saturated heterocycles. The highest BCUT2D eigenvalue weighted by Gasteiger charge is 2.35. The maximum atomic E-state index is 13.9. The van der Waals surface area contributed by atoms with Crippen molar-refractivity contribution in [1.29, 1.82) is 0 Å². The minimum atomic E-state index is -4.76. The zero-order valence-electron chi connectivity index (χ0n) is 9.23. The van der Waals surface area contributed by atoms with Gasteiger partial charge in [0.25, 0.3) is 0 Å². The molecule has 6 heteroatoms. The second kappa shape index (κ2) is 5.02. The Labute approximate surface area is 116 Å². The maximum absolute atomic E-state index is 13.9. The molecule has 0 radical (unpaired) electrons. The summed E-state index contributed by atoms with van der Waals surface area (Å²) in [6.07, 6.45) is -4.76. The van der Waals surface area contributed by atoms with E-state index in [2.05, 4.69) is 0 Å². The molecule has 0 aliphatic heterocycles. The molecule has 2 aromatic rings. The van der Waals surface area contributed by atoms with Crippen molar-refractivity contribution in [3.63, 3.8) is 0 Å². The summed E-state index contributed by atoms with van der Waals surface area (Å²) in [6.45, 7) is 0. The monoisotopic (exact) mass is 308 g/mol. The number of hydrogen-bond acceptors (Lipinski definition) is 0. The van der Waals surface area contributed by atoms with Crippen LogP contribution in [0.4, 0.5) is 17.6 Å². The molecule has 0 heterocycles. The van der Waals surface area contributed by atoms with E-state index in [4.69, 9.17) is 23.2 Å². The van der Waals surface area contributed by atoms with Gasteiger partial charge in [0.2, 0.25) is 0 Å². The minimum Gasteiger partial charge on any atom is -0.206 e. The molecule has 2 aromatic carbocycles. The average Bonchev–Trinajstić information content (AvgIpc) is 2.31. The van der Waals surface area contributed by atoms with Gasteiger partial charge < -0.3 is 0 Å². The zero-order valence-corrected chi connectivity index (χ0v) is 10.7. The lowest BCUT2D eigenvalue weighted by Gasteiger charge is -2.12. The molecule has 0 fully saturated rings. The Bertz CT molecular complexity index is 621. The Morgan fingerprint density at radius 2 is 1.58 bits per heavy atom. The number of halogens is 6. The van der Waals surface area contributed by atoms with Crippen LogP contribution in [-0.4, -0.2) is 0 Å². The Balaban J connectivity index is 2.67. The Hall–Kier alpha value is -1.26. The van der Waals surface area contributed by atoms with Gasteiger partial charge in [-0.25, -0.2) is 4.39 Å². The number of hydrogen-bond donors (Lipinski definition) is 0. The Morgan fingerprint density at radius 3 is 2.21 bits per heavy atom. The van der Waals surface area contributed by atoms with Crippen LogP contribution in [0.3, 0.4) is 0 Å². The SMILES string of the molecule is Fc1c(-c2cc(Cl)ccc2Cl)cccc1C(F)(F)F. The lowest BCUT2D eigenvalue weighted by molar-refractivity contribution is -0.139. The molecule has 19 heavy (non-hydrogen) atoms. The minimum absolute atomic E-state index is 0.123. The van der Waals surface area contributed by atoms with Crippen LogP contribution in [0, 0.1) is 5.82 Å². The topological polar surface area (TPSA) is 0 Å². The molecule has 100 valence electrons. The third kappa shape index (κ3) is 2.85. The van der Waals surface area contributed by atoms with E-state index in [-0.39, 0.29) is 21.2 Å². The van der Waals surface area contributed by atoms with E-state index in [0.29, 0.717) is 6.07 Å². The van der Waals surface area contributed by atoms with Crippen LogP contribution < -0.4 is 0 Å². The van der Waals surface area contributed by atoms with E-state index in [1.807, 2.05) is 0 Å². The normalized spacial score (nSPS) is 11.7. The van der Waals surface area contributed by atoms with Crippen LogP contribution in [0.1, 0.15) is 5.56 Å². The predicted molar refractivity (Wildman–Crippen MR) is 66.9 cm³/mol. The Kier molecular flexibility index (Phi) is 3.74. The fraction of sp³-hybridized carbons (Fsp3) is 0.0769. The van der Waals surface area contributed by atoms with Gasteiger partial charge in [0.15, 0.2) is 0 Å². The second-order valence-electron chi connectivity index (χ2n) is 3.79. The Morgan fingerprint density at radius 1 is 0.895 bits per heavy atom.